The van der Waals surface area contributed by atoms with Crippen molar-refractivity contribution >= 4 is 5.97 Å². The molecule has 0 radical (unpaired) electrons. The van der Waals surface area contributed by atoms with Crippen molar-refractivity contribution in [1.29, 1.82) is 0 Å². The first kappa shape index (κ1) is 10.2. The van der Waals surface area contributed by atoms with E-state index in [1.165, 1.54) is 7.11 Å². The van der Waals surface area contributed by atoms with Gasteiger partial charge in [0.15, 0.2) is 0 Å². The number of rotatable bonds is 3. The first-order chi connectivity index (χ1) is 7.22. The zero-order valence-electron chi connectivity index (χ0n) is 8.69. The third-order valence-corrected chi connectivity index (χ3v) is 3.07. The molecule has 3 nitrogen and oxygen atoms in total. The predicted molar refractivity (Wildman–Crippen MR) is 55.8 cm³/mol. The number of hydrogen-bond donors (Lipinski definition) is 1. The maximum absolute atomic E-state index is 11.2. The minimum absolute atomic E-state index is 0.0331. The molecule has 1 saturated carbocycles. The number of aliphatic hydroxyl groups is 1. The van der Waals surface area contributed by atoms with Crippen molar-refractivity contribution in [3.05, 3.63) is 35.4 Å². The van der Waals surface area contributed by atoms with E-state index >= 15 is 0 Å². The van der Waals surface area contributed by atoms with E-state index in [0.29, 0.717) is 5.56 Å². The lowest BCUT2D eigenvalue weighted by Gasteiger charge is -2.11. The second-order valence-corrected chi connectivity index (χ2v) is 4.01. The van der Waals surface area contributed by atoms with Gasteiger partial charge in [0, 0.05) is 5.41 Å². The van der Waals surface area contributed by atoms with Crippen LogP contribution in [0.4, 0.5) is 0 Å². The molecule has 1 aliphatic carbocycles. The molecule has 0 atom stereocenters. The van der Waals surface area contributed by atoms with Gasteiger partial charge in [-0.25, -0.2) is 4.79 Å². The molecule has 15 heavy (non-hydrogen) atoms. The second kappa shape index (κ2) is 3.66. The van der Waals surface area contributed by atoms with Gasteiger partial charge < -0.3 is 9.84 Å². The Morgan fingerprint density at radius 1 is 1.40 bits per heavy atom. The Bertz CT molecular complexity index is 363. The lowest BCUT2D eigenvalue weighted by molar-refractivity contribution is 0.0600. The van der Waals surface area contributed by atoms with Crippen LogP contribution in [0.25, 0.3) is 0 Å². The largest absolute Gasteiger partial charge is 0.465 e. The standard InChI is InChI=1S/C12H14O3/c1-15-11(14)9-2-4-10(5-3-9)12(8-13)6-7-12/h2-5,13H,6-8H2,1H3. The fourth-order valence-corrected chi connectivity index (χ4v) is 1.77. The van der Waals surface area contributed by atoms with Crippen LogP contribution in [-0.2, 0) is 10.2 Å². The summed E-state index contributed by atoms with van der Waals surface area (Å²) in [5.74, 6) is -0.324. The van der Waals surface area contributed by atoms with Crippen molar-refractivity contribution < 1.29 is 14.6 Å². The van der Waals surface area contributed by atoms with Crippen molar-refractivity contribution in [2.24, 2.45) is 0 Å². The molecule has 0 amide bonds. The van der Waals surface area contributed by atoms with Crippen molar-refractivity contribution in [3.8, 4) is 0 Å². The number of aliphatic hydroxyl groups excluding tert-OH is 1. The Hall–Kier alpha value is -1.35. The van der Waals surface area contributed by atoms with E-state index in [1.807, 2.05) is 12.1 Å². The third kappa shape index (κ3) is 1.75. The summed E-state index contributed by atoms with van der Waals surface area (Å²) in [7, 11) is 1.37. The molecule has 0 spiro atoms. The van der Waals surface area contributed by atoms with Gasteiger partial charge in [0.2, 0.25) is 0 Å². The summed E-state index contributed by atoms with van der Waals surface area (Å²) in [5, 5.41) is 9.24. The van der Waals surface area contributed by atoms with Crippen LogP contribution in [0.3, 0.4) is 0 Å². The van der Waals surface area contributed by atoms with Crippen molar-refractivity contribution in [3.63, 3.8) is 0 Å². The monoisotopic (exact) mass is 206 g/mol. The molecule has 1 N–H and O–H groups in total. The average molecular weight is 206 g/mol. The van der Waals surface area contributed by atoms with Crippen LogP contribution in [0, 0.1) is 0 Å². The molecule has 1 aromatic carbocycles. The van der Waals surface area contributed by atoms with Crippen LogP contribution < -0.4 is 0 Å². The molecule has 1 aromatic rings. The van der Waals surface area contributed by atoms with E-state index in [4.69, 9.17) is 0 Å². The fraction of sp³-hybridized carbons (Fsp3) is 0.417. The summed E-state index contributed by atoms with van der Waals surface area (Å²) >= 11 is 0. The Morgan fingerprint density at radius 2 is 2.00 bits per heavy atom. The van der Waals surface area contributed by atoms with Crippen LogP contribution in [0.2, 0.25) is 0 Å². The average Bonchev–Trinajstić information content (AvgIpc) is 3.09. The van der Waals surface area contributed by atoms with Gasteiger partial charge in [-0.05, 0) is 30.5 Å². The fourth-order valence-electron chi connectivity index (χ4n) is 1.77. The highest BCUT2D eigenvalue weighted by Gasteiger charge is 2.43. The van der Waals surface area contributed by atoms with Crippen molar-refractivity contribution in [2.45, 2.75) is 18.3 Å². The number of esters is 1. The molecule has 2 rings (SSSR count). The number of benzene rings is 1. The Balaban J connectivity index is 2.21. The van der Waals surface area contributed by atoms with Crippen LogP contribution in [0.15, 0.2) is 24.3 Å². The molecule has 80 valence electrons. The van der Waals surface area contributed by atoms with E-state index in [0.717, 1.165) is 18.4 Å². The molecule has 0 saturated heterocycles. The van der Waals surface area contributed by atoms with Crippen LogP contribution >= 0.6 is 0 Å². The van der Waals surface area contributed by atoms with Gasteiger partial charge in [-0.1, -0.05) is 12.1 Å². The Morgan fingerprint density at radius 3 is 2.40 bits per heavy atom. The molecular weight excluding hydrogens is 192 g/mol. The zero-order valence-corrected chi connectivity index (χ0v) is 8.69. The quantitative estimate of drug-likeness (QED) is 0.762. The number of methoxy groups -OCH3 is 1. The van der Waals surface area contributed by atoms with E-state index in [9.17, 15) is 9.90 Å². The summed E-state index contributed by atoms with van der Waals surface area (Å²) < 4.78 is 4.62. The minimum Gasteiger partial charge on any atom is -0.465 e. The van der Waals surface area contributed by atoms with Gasteiger partial charge in [-0.3, -0.25) is 0 Å². The molecule has 0 bridgehead atoms. The maximum Gasteiger partial charge on any atom is 0.337 e. The van der Waals surface area contributed by atoms with Crippen LogP contribution in [-0.4, -0.2) is 24.8 Å². The van der Waals surface area contributed by atoms with E-state index in [2.05, 4.69) is 4.74 Å². The molecule has 0 aromatic heterocycles. The second-order valence-electron chi connectivity index (χ2n) is 4.01. The predicted octanol–water partition coefficient (Wildman–Crippen LogP) is 1.50. The summed E-state index contributed by atoms with van der Waals surface area (Å²) in [6.45, 7) is 0.185. The van der Waals surface area contributed by atoms with Gasteiger partial charge in [0.1, 0.15) is 0 Å². The highest BCUT2D eigenvalue weighted by molar-refractivity contribution is 5.89. The summed E-state index contributed by atoms with van der Waals surface area (Å²) in [4.78, 5) is 11.2. The number of carbonyl (C=O) groups is 1. The first-order valence-electron chi connectivity index (χ1n) is 5.01. The minimum atomic E-state index is -0.324. The smallest absolute Gasteiger partial charge is 0.337 e. The highest BCUT2D eigenvalue weighted by Crippen LogP contribution is 2.47. The van der Waals surface area contributed by atoms with Crippen LogP contribution in [0.5, 0.6) is 0 Å². The highest BCUT2D eigenvalue weighted by atomic mass is 16.5. The van der Waals surface area contributed by atoms with Gasteiger partial charge in [0.25, 0.3) is 0 Å². The molecule has 0 aliphatic heterocycles. The molecular formula is C12H14O3. The van der Waals surface area contributed by atoms with E-state index in [-0.39, 0.29) is 18.0 Å². The number of ether oxygens (including phenoxy) is 1. The van der Waals surface area contributed by atoms with Gasteiger partial charge in [0.05, 0.1) is 19.3 Å². The van der Waals surface area contributed by atoms with Crippen LogP contribution in [0.1, 0.15) is 28.8 Å². The van der Waals surface area contributed by atoms with Gasteiger partial charge >= 0.3 is 5.97 Å². The SMILES string of the molecule is COC(=O)c1ccc(C2(CO)CC2)cc1. The topological polar surface area (TPSA) is 46.5 Å². The molecule has 1 fully saturated rings. The molecule has 0 heterocycles. The normalized spacial score (nSPS) is 17.2. The Kier molecular flexibility index (Phi) is 2.49. The third-order valence-electron chi connectivity index (χ3n) is 3.07. The molecule has 1 aliphatic rings. The van der Waals surface area contributed by atoms with Crippen molar-refractivity contribution in [2.75, 3.05) is 13.7 Å². The number of carbonyl (C=O) groups excluding carboxylic acids is 1. The van der Waals surface area contributed by atoms with E-state index in [1.54, 1.807) is 12.1 Å². The lowest BCUT2D eigenvalue weighted by Crippen LogP contribution is -2.12. The Labute approximate surface area is 88.7 Å². The maximum atomic E-state index is 11.2. The van der Waals surface area contributed by atoms with Gasteiger partial charge in [-0.2, -0.15) is 0 Å². The first-order valence-corrected chi connectivity index (χ1v) is 5.01. The summed E-state index contributed by atoms with van der Waals surface area (Å²) in [5.41, 5.74) is 1.63. The van der Waals surface area contributed by atoms with E-state index < -0.39 is 0 Å². The summed E-state index contributed by atoms with van der Waals surface area (Å²) in [6, 6.07) is 7.29. The number of hydrogen-bond acceptors (Lipinski definition) is 3. The molecule has 0 unspecified atom stereocenters. The zero-order chi connectivity index (χ0) is 10.9. The molecule has 3 heteroatoms. The van der Waals surface area contributed by atoms with Gasteiger partial charge in [-0.15, -0.1) is 0 Å². The lowest BCUT2D eigenvalue weighted by atomic mass is 9.96. The summed E-state index contributed by atoms with van der Waals surface area (Å²) in [6.07, 6.45) is 2.06. The van der Waals surface area contributed by atoms with Crippen molar-refractivity contribution in [1.82, 2.24) is 0 Å².